The third-order valence-electron chi connectivity index (χ3n) is 15.8. The molecule has 0 heterocycles. The van der Waals surface area contributed by atoms with Crippen molar-refractivity contribution in [3.63, 3.8) is 0 Å². The monoisotopic (exact) mass is 1110 g/mol. The largest absolute Gasteiger partial charge is 0.462 e. The van der Waals surface area contributed by atoms with Crippen LogP contribution in [0.3, 0.4) is 0 Å². The zero-order valence-electron chi connectivity index (χ0n) is 53.2. The Bertz CT molecular complexity index is 1360. The van der Waals surface area contributed by atoms with Crippen molar-refractivity contribution in [3.8, 4) is 0 Å². The second-order valence-electron chi connectivity index (χ2n) is 23.8. The van der Waals surface area contributed by atoms with Gasteiger partial charge in [-0.2, -0.15) is 0 Å². The molecule has 0 radical (unpaired) electrons. The summed E-state index contributed by atoms with van der Waals surface area (Å²) >= 11 is 0. The molecule has 79 heavy (non-hydrogen) atoms. The highest BCUT2D eigenvalue weighted by Crippen LogP contribution is 2.18. The SMILES string of the molecule is CC/C=C\C/C=C\C/C=C\CCCCCCCC(=O)OCC(COC(=O)CCCCCCCCCCCCCCCCC/C=C\CCCCCCCCCC)OC(=O)CCCCCCCCCCCCCCCCCCCCC. The van der Waals surface area contributed by atoms with Crippen LogP contribution < -0.4 is 0 Å². The molecule has 0 aliphatic heterocycles. The minimum atomic E-state index is -0.779. The Morgan fingerprint density at radius 3 is 0.785 bits per heavy atom. The van der Waals surface area contributed by atoms with Crippen LogP contribution in [0.1, 0.15) is 380 Å². The van der Waals surface area contributed by atoms with Gasteiger partial charge < -0.3 is 14.2 Å². The van der Waals surface area contributed by atoms with E-state index >= 15 is 0 Å². The molecule has 0 fully saturated rings. The first-order chi connectivity index (χ1) is 39.0. The average Bonchev–Trinajstić information content (AvgIpc) is 3.45. The quantitative estimate of drug-likeness (QED) is 0.0261. The number of carbonyl (C=O) groups excluding carboxylic acids is 3. The molecule has 0 bridgehead atoms. The van der Waals surface area contributed by atoms with Gasteiger partial charge in [-0.05, 0) is 77.0 Å². The number of hydrogen-bond donors (Lipinski definition) is 0. The molecule has 0 aromatic heterocycles. The lowest BCUT2D eigenvalue weighted by Gasteiger charge is -2.18. The molecule has 6 nitrogen and oxygen atoms in total. The molecule has 1 unspecified atom stereocenters. The third kappa shape index (κ3) is 66.1. The summed E-state index contributed by atoms with van der Waals surface area (Å²) in [5, 5.41) is 0. The zero-order valence-corrected chi connectivity index (χ0v) is 53.2. The normalized spacial score (nSPS) is 12.3. The molecule has 0 aromatic carbocycles. The Morgan fingerprint density at radius 2 is 0.494 bits per heavy atom. The highest BCUT2D eigenvalue weighted by Gasteiger charge is 2.19. The predicted octanol–water partition coefficient (Wildman–Crippen LogP) is 24.1. The van der Waals surface area contributed by atoms with Crippen molar-refractivity contribution in [3.05, 3.63) is 48.6 Å². The first-order valence-corrected chi connectivity index (χ1v) is 35.1. The summed E-state index contributed by atoms with van der Waals surface area (Å²) in [7, 11) is 0. The van der Waals surface area contributed by atoms with Crippen molar-refractivity contribution in [1.82, 2.24) is 0 Å². The van der Waals surface area contributed by atoms with Crippen molar-refractivity contribution in [2.75, 3.05) is 13.2 Å². The molecular formula is C73H134O6. The van der Waals surface area contributed by atoms with Crippen LogP contribution in [-0.4, -0.2) is 37.2 Å². The lowest BCUT2D eigenvalue weighted by Crippen LogP contribution is -2.30. The third-order valence-corrected chi connectivity index (χ3v) is 15.8. The Morgan fingerprint density at radius 1 is 0.266 bits per heavy atom. The van der Waals surface area contributed by atoms with Crippen LogP contribution in [0.5, 0.6) is 0 Å². The fourth-order valence-electron chi connectivity index (χ4n) is 10.6. The Kier molecular flexibility index (Phi) is 65.6. The van der Waals surface area contributed by atoms with E-state index < -0.39 is 6.10 Å². The van der Waals surface area contributed by atoms with Gasteiger partial charge >= 0.3 is 17.9 Å². The standard InChI is InChI=1S/C73H134O6/c1-4-7-10-13-16-19-22-25-28-30-32-33-34-35-36-37-38-39-41-42-45-48-51-54-57-60-63-66-72(75)78-69-70(68-77-71(74)65-62-59-56-53-50-47-44-27-24-21-18-15-12-9-6-3)79-73(76)67-64-61-58-55-52-49-46-43-40-31-29-26-23-20-17-14-11-8-5-2/h9,12,18,21,27,30,32,44,70H,4-8,10-11,13-17,19-20,22-26,28-29,31,33-43,45-69H2,1-3H3/b12-9-,21-18-,32-30-,44-27-. The van der Waals surface area contributed by atoms with Crippen LogP contribution in [0.2, 0.25) is 0 Å². The van der Waals surface area contributed by atoms with Gasteiger partial charge in [-0.1, -0.05) is 333 Å². The van der Waals surface area contributed by atoms with E-state index in [-0.39, 0.29) is 31.1 Å². The minimum Gasteiger partial charge on any atom is -0.462 e. The van der Waals surface area contributed by atoms with E-state index in [1.165, 1.54) is 244 Å². The Hall–Kier alpha value is -2.63. The molecule has 0 aliphatic carbocycles. The van der Waals surface area contributed by atoms with Gasteiger partial charge in [0.1, 0.15) is 13.2 Å². The zero-order chi connectivity index (χ0) is 57.1. The molecule has 6 heteroatoms. The maximum atomic E-state index is 12.9. The van der Waals surface area contributed by atoms with Crippen LogP contribution in [0.15, 0.2) is 48.6 Å². The molecule has 0 aliphatic rings. The molecule has 0 amide bonds. The lowest BCUT2D eigenvalue weighted by molar-refractivity contribution is -0.167. The molecule has 0 saturated carbocycles. The van der Waals surface area contributed by atoms with Gasteiger partial charge in [0.2, 0.25) is 0 Å². The van der Waals surface area contributed by atoms with Crippen molar-refractivity contribution >= 4 is 17.9 Å². The first kappa shape index (κ1) is 76.4. The van der Waals surface area contributed by atoms with Crippen LogP contribution >= 0.6 is 0 Å². The molecular weight excluding hydrogens is 973 g/mol. The average molecular weight is 1110 g/mol. The summed E-state index contributed by atoms with van der Waals surface area (Å²) in [6, 6.07) is 0. The Labute approximate surface area is 492 Å². The minimum absolute atomic E-state index is 0.0740. The van der Waals surface area contributed by atoms with Crippen molar-refractivity contribution in [2.24, 2.45) is 0 Å². The van der Waals surface area contributed by atoms with Crippen molar-refractivity contribution in [2.45, 2.75) is 386 Å². The fourth-order valence-corrected chi connectivity index (χ4v) is 10.6. The molecule has 0 aromatic rings. The van der Waals surface area contributed by atoms with Gasteiger partial charge in [-0.15, -0.1) is 0 Å². The van der Waals surface area contributed by atoms with Gasteiger partial charge in [0.25, 0.3) is 0 Å². The smallest absolute Gasteiger partial charge is 0.306 e. The fraction of sp³-hybridized carbons (Fsp3) is 0.849. The number of ether oxygens (including phenoxy) is 3. The second-order valence-corrected chi connectivity index (χ2v) is 23.8. The molecule has 0 N–H and O–H groups in total. The van der Waals surface area contributed by atoms with Crippen molar-refractivity contribution in [1.29, 1.82) is 0 Å². The number of rotatable bonds is 65. The molecule has 0 rings (SSSR count). The molecule has 0 saturated heterocycles. The number of allylic oxidation sites excluding steroid dienone is 8. The maximum absolute atomic E-state index is 12.9. The van der Waals surface area contributed by atoms with Gasteiger partial charge in [0.05, 0.1) is 0 Å². The summed E-state index contributed by atoms with van der Waals surface area (Å²) in [6.07, 6.45) is 85.7. The van der Waals surface area contributed by atoms with Gasteiger partial charge in [0, 0.05) is 19.3 Å². The van der Waals surface area contributed by atoms with Gasteiger partial charge in [-0.3, -0.25) is 14.4 Å². The van der Waals surface area contributed by atoms with Crippen LogP contribution in [0.25, 0.3) is 0 Å². The number of carbonyl (C=O) groups is 3. The van der Waals surface area contributed by atoms with E-state index in [1.807, 2.05) is 0 Å². The van der Waals surface area contributed by atoms with E-state index in [2.05, 4.69) is 69.4 Å². The van der Waals surface area contributed by atoms with Crippen molar-refractivity contribution < 1.29 is 28.6 Å². The van der Waals surface area contributed by atoms with E-state index in [4.69, 9.17) is 14.2 Å². The number of unbranched alkanes of at least 4 members (excludes halogenated alkanes) is 46. The van der Waals surface area contributed by atoms with E-state index in [0.29, 0.717) is 19.3 Å². The lowest BCUT2D eigenvalue weighted by atomic mass is 10.0. The Balaban J connectivity index is 4.25. The van der Waals surface area contributed by atoms with E-state index in [0.717, 1.165) is 96.3 Å². The summed E-state index contributed by atoms with van der Waals surface area (Å²) in [4.78, 5) is 38.4. The van der Waals surface area contributed by atoms with Gasteiger partial charge in [-0.25, -0.2) is 0 Å². The maximum Gasteiger partial charge on any atom is 0.306 e. The number of esters is 3. The second kappa shape index (κ2) is 67.9. The van der Waals surface area contributed by atoms with Crippen LogP contribution in [0.4, 0.5) is 0 Å². The van der Waals surface area contributed by atoms with E-state index in [9.17, 15) is 14.4 Å². The summed E-state index contributed by atoms with van der Waals surface area (Å²) < 4.78 is 17.0. The summed E-state index contributed by atoms with van der Waals surface area (Å²) in [5.41, 5.74) is 0. The molecule has 0 spiro atoms. The topological polar surface area (TPSA) is 78.9 Å². The highest BCUT2D eigenvalue weighted by atomic mass is 16.6. The number of hydrogen-bond acceptors (Lipinski definition) is 6. The van der Waals surface area contributed by atoms with Crippen LogP contribution in [0, 0.1) is 0 Å². The van der Waals surface area contributed by atoms with Crippen LogP contribution in [-0.2, 0) is 28.6 Å². The highest BCUT2D eigenvalue weighted by molar-refractivity contribution is 5.71. The van der Waals surface area contributed by atoms with E-state index in [1.54, 1.807) is 0 Å². The molecule has 1 atom stereocenters. The van der Waals surface area contributed by atoms with Gasteiger partial charge in [0.15, 0.2) is 6.10 Å². The summed E-state index contributed by atoms with van der Waals surface area (Å²) in [5.74, 6) is -0.865. The first-order valence-electron chi connectivity index (χ1n) is 35.1. The molecule has 462 valence electrons. The predicted molar refractivity (Wildman–Crippen MR) is 344 cm³/mol. The summed E-state index contributed by atoms with van der Waals surface area (Å²) in [6.45, 7) is 6.58.